The number of fused-ring (bicyclic) bond motifs is 24. The first-order valence-electron chi connectivity index (χ1n) is 43.3. The second-order valence-electron chi connectivity index (χ2n) is 40.4. The average molecular weight is 1540 g/mol. The van der Waals surface area contributed by atoms with Crippen LogP contribution in [0, 0.1) is 0 Å². The molecule has 570 valence electrons. The largest absolute Gasteiger partial charge is 0.376 e. The van der Waals surface area contributed by atoms with Crippen LogP contribution in [0.1, 0.15) is 178 Å². The van der Waals surface area contributed by atoms with Gasteiger partial charge in [0.15, 0.2) is 0 Å². The van der Waals surface area contributed by atoms with E-state index in [1.165, 1.54) is 232 Å². The fourth-order valence-electron chi connectivity index (χ4n) is 24.4. The fourth-order valence-corrected chi connectivity index (χ4v) is 25.6. The van der Waals surface area contributed by atoms with Crippen LogP contribution < -0.4 is 41.3 Å². The van der Waals surface area contributed by atoms with Crippen molar-refractivity contribution in [2.45, 2.75) is 161 Å². The molecule has 7 heterocycles. The molecule has 9 aliphatic rings. The summed E-state index contributed by atoms with van der Waals surface area (Å²) in [5, 5.41) is 7.76. The number of para-hydroxylation sites is 3. The maximum absolute atomic E-state index is 2.79. The van der Waals surface area contributed by atoms with Crippen molar-refractivity contribution in [1.29, 1.82) is 0 Å². The summed E-state index contributed by atoms with van der Waals surface area (Å²) in [6.07, 6.45) is 4.58. The number of nitrogens with zero attached hydrogens (tertiary/aromatic N) is 4. The van der Waals surface area contributed by atoms with Crippen molar-refractivity contribution in [2.24, 2.45) is 0 Å². The van der Waals surface area contributed by atoms with Gasteiger partial charge in [0.25, 0.3) is 0 Å². The van der Waals surface area contributed by atoms with Gasteiger partial charge in [-0.05, 0) is 288 Å². The highest BCUT2D eigenvalue weighted by Gasteiger charge is 2.56. The number of anilines is 10. The lowest BCUT2D eigenvalue weighted by Crippen LogP contribution is -2.63. The van der Waals surface area contributed by atoms with Gasteiger partial charge < -0.3 is 19.4 Å². The minimum absolute atomic E-state index is 0.000630. The maximum Gasteiger partial charge on any atom is 0.333 e. The third-order valence-corrected chi connectivity index (χ3v) is 32.2. The Morgan fingerprint density at radius 1 is 0.271 bits per heavy atom. The molecule has 0 unspecified atom stereocenters. The molecule has 6 aliphatic heterocycles. The summed E-state index contributed by atoms with van der Waals surface area (Å²) in [4.78, 5) is 11.1. The summed E-state index contributed by atoms with van der Waals surface area (Å²) in [6, 6.07) is 106. The van der Waals surface area contributed by atoms with Crippen LogP contribution in [-0.2, 0) is 37.9 Å². The summed E-state index contributed by atoms with van der Waals surface area (Å²) in [6.45, 7) is 34.7. The van der Waals surface area contributed by atoms with Gasteiger partial charge in [0, 0.05) is 82.7 Å². The average Bonchev–Trinajstić information content (AvgIpc) is 1.31. The Morgan fingerprint density at radius 2 is 0.703 bits per heavy atom. The van der Waals surface area contributed by atoms with Crippen LogP contribution >= 0.6 is 11.3 Å². The van der Waals surface area contributed by atoms with Gasteiger partial charge in [0.2, 0.25) is 0 Å². The molecular weight excluding hydrogens is 1440 g/mol. The Kier molecular flexibility index (Phi) is 13.5. The SMILES string of the molecule is CC1(C)CCC(C)(C)c2cc3c(cc21)-c1cc2c(c4c1B(c1cccc5c1N4c1cc4ccccc4cc1C5(C)C)N3c1ccccc1)C(C)(C)c1ccc(-c3ccc(-c4ccc(N5B6c7cccc8c7N(c7cc9ccccc9cc7C8(C)C)c7c6c(cc6c7sc7ccccc76)-c6cc7c(cc65)C(C)(C)CCC7(C)C)cc4)cc3)cc1-2. The van der Waals surface area contributed by atoms with Crippen LogP contribution in [0.5, 0.6) is 0 Å². The Balaban J connectivity index is 0.653. The molecule has 7 heteroatoms. The lowest BCUT2D eigenvalue weighted by Gasteiger charge is -2.52. The van der Waals surface area contributed by atoms with Gasteiger partial charge in [-0.15, -0.1) is 11.3 Å². The third-order valence-electron chi connectivity index (χ3n) is 31.0. The Morgan fingerprint density at radius 3 is 1.24 bits per heavy atom. The molecule has 0 N–H and O–H groups in total. The molecule has 1 aromatic heterocycles. The van der Waals surface area contributed by atoms with E-state index in [1.54, 1.807) is 0 Å². The number of benzene rings is 15. The van der Waals surface area contributed by atoms with Gasteiger partial charge >= 0.3 is 13.7 Å². The van der Waals surface area contributed by atoms with Crippen molar-refractivity contribution in [2.75, 3.05) is 19.4 Å². The van der Waals surface area contributed by atoms with Crippen molar-refractivity contribution >= 4 is 145 Å². The van der Waals surface area contributed by atoms with Gasteiger partial charge in [-0.1, -0.05) is 267 Å². The summed E-state index contributed by atoms with van der Waals surface area (Å²) in [5.74, 6) is 0. The van der Waals surface area contributed by atoms with Crippen LogP contribution in [0.2, 0.25) is 0 Å². The molecule has 0 saturated heterocycles. The zero-order valence-corrected chi connectivity index (χ0v) is 70.9. The highest BCUT2D eigenvalue weighted by molar-refractivity contribution is 7.26. The Labute approximate surface area is 698 Å². The topological polar surface area (TPSA) is 13.0 Å². The van der Waals surface area contributed by atoms with Gasteiger partial charge in [0.1, 0.15) is 0 Å². The summed E-state index contributed by atoms with van der Waals surface area (Å²) in [7, 11) is 0. The molecular formula is C111H94B2N4S. The maximum atomic E-state index is 2.79. The van der Waals surface area contributed by atoms with Crippen molar-refractivity contribution < 1.29 is 0 Å². The van der Waals surface area contributed by atoms with Gasteiger partial charge in [0.05, 0.1) is 21.8 Å². The first kappa shape index (κ1) is 69.5. The zero-order chi connectivity index (χ0) is 79.9. The number of thiophene rings is 1. The first-order valence-corrected chi connectivity index (χ1v) is 44.1. The van der Waals surface area contributed by atoms with Crippen LogP contribution in [-0.4, -0.2) is 13.7 Å². The van der Waals surface area contributed by atoms with Crippen molar-refractivity contribution in [1.82, 2.24) is 0 Å². The lowest BCUT2D eigenvalue weighted by molar-refractivity contribution is 0.332. The molecule has 0 atom stereocenters. The highest BCUT2D eigenvalue weighted by Crippen LogP contribution is 2.65. The standard InChI is InChI=1S/C111H94B2N4S/c1-105(2)48-50-107(5,6)86-61-92-75(59-84(86)105)78-57-77-74-52-70(44-47-81(74)111(13,14)97(77)102-98(78)112(116(92)71-30-16-15-17-31-71)90-35-24-33-82-100(90)114(102)94-55-68-28-20-18-26-66(68)53-88(94)109(82,9)10)65-40-38-63(39-41-65)64-42-45-72(46-43-64)117-93-62-87-85(106(3,4)49-51-108(87,7)8)60-76(93)79-58-80-73-32-22-23-37-96(73)118-104(80)103-99(79)113(117)91-36-25-34-83-101(91)115(103)95-56-69-29-21-19-27-67(69)54-89(95)110(83,11)12/h15-47,52-62H,48-51H2,1-14H3. The summed E-state index contributed by atoms with van der Waals surface area (Å²) < 4.78 is 2.68. The van der Waals surface area contributed by atoms with E-state index in [0.29, 0.717) is 0 Å². The third kappa shape index (κ3) is 8.98. The molecule has 0 saturated carbocycles. The Bertz CT molecular complexity index is 7250. The van der Waals surface area contributed by atoms with Crippen molar-refractivity contribution in [3.63, 3.8) is 0 Å². The van der Waals surface area contributed by atoms with Crippen LogP contribution in [0.3, 0.4) is 0 Å². The molecule has 3 aliphatic carbocycles. The number of hydrogen-bond donors (Lipinski definition) is 0. The van der Waals surface area contributed by atoms with E-state index >= 15 is 0 Å². The molecule has 0 fully saturated rings. The molecule has 16 aromatic rings. The predicted molar refractivity (Wildman–Crippen MR) is 505 cm³/mol. The van der Waals surface area contributed by atoms with E-state index in [-0.39, 0.29) is 51.6 Å². The van der Waals surface area contributed by atoms with E-state index in [2.05, 4.69) is 383 Å². The van der Waals surface area contributed by atoms with Crippen LogP contribution in [0.15, 0.2) is 267 Å². The molecule has 0 amide bonds. The van der Waals surface area contributed by atoms with E-state index in [0.717, 1.165) is 25.7 Å². The van der Waals surface area contributed by atoms with Crippen molar-refractivity contribution in [3.05, 3.63) is 323 Å². The molecule has 4 nitrogen and oxygen atoms in total. The fraction of sp³-hybridized carbons (Fsp3) is 0.225. The molecule has 25 rings (SSSR count). The van der Waals surface area contributed by atoms with Crippen molar-refractivity contribution in [3.8, 4) is 55.6 Å². The highest BCUT2D eigenvalue weighted by atomic mass is 32.1. The second-order valence-corrected chi connectivity index (χ2v) is 41.4. The molecule has 0 bridgehead atoms. The normalized spacial score (nSPS) is 18.2. The minimum atomic E-state index is -0.373. The lowest BCUT2D eigenvalue weighted by atomic mass is 9.42. The number of hydrogen-bond acceptors (Lipinski definition) is 5. The van der Waals surface area contributed by atoms with E-state index in [9.17, 15) is 0 Å². The van der Waals surface area contributed by atoms with E-state index < -0.39 is 0 Å². The number of rotatable bonds is 4. The summed E-state index contributed by atoms with van der Waals surface area (Å²) in [5.41, 5.74) is 44.5. The first-order chi connectivity index (χ1) is 56.7. The van der Waals surface area contributed by atoms with Gasteiger partial charge in [-0.25, -0.2) is 0 Å². The van der Waals surface area contributed by atoms with E-state index in [1.807, 2.05) is 11.3 Å². The smallest absolute Gasteiger partial charge is 0.333 e. The Hall–Kier alpha value is -11.6. The van der Waals surface area contributed by atoms with Crippen LogP contribution in [0.4, 0.5) is 56.9 Å². The second kappa shape index (κ2) is 23.0. The molecule has 15 aromatic carbocycles. The predicted octanol–water partition coefficient (Wildman–Crippen LogP) is 27.4. The summed E-state index contributed by atoms with van der Waals surface area (Å²) >= 11 is 1.97. The zero-order valence-electron chi connectivity index (χ0n) is 70.1. The van der Waals surface area contributed by atoms with E-state index in [4.69, 9.17) is 0 Å². The molecule has 118 heavy (non-hydrogen) atoms. The monoisotopic (exact) mass is 1540 g/mol. The van der Waals surface area contributed by atoms with Crippen LogP contribution in [0.25, 0.3) is 97.4 Å². The molecule has 0 radical (unpaired) electrons. The molecule has 0 spiro atoms. The quantitative estimate of drug-likeness (QED) is 0.163. The minimum Gasteiger partial charge on any atom is -0.376 e. The van der Waals surface area contributed by atoms with Gasteiger partial charge in [-0.3, -0.25) is 0 Å². The van der Waals surface area contributed by atoms with Gasteiger partial charge in [-0.2, -0.15) is 0 Å².